The average Bonchev–Trinajstić information content (AvgIpc) is 3.98. The van der Waals surface area contributed by atoms with Crippen LogP contribution in [0.4, 0.5) is 0 Å². The first-order valence-corrected chi connectivity index (χ1v) is 14.1. The van der Waals surface area contributed by atoms with Crippen molar-refractivity contribution < 1.29 is 14.9 Å². The minimum Gasteiger partial charge on any atom is -0.453 e. The number of aliphatic hydroxyl groups is 2. The van der Waals surface area contributed by atoms with Crippen molar-refractivity contribution in [3.8, 4) is 45.5 Å². The molecule has 2 fully saturated rings. The maximum Gasteiger partial charge on any atom is 0.179 e. The smallest absolute Gasteiger partial charge is 0.179 e. The first-order valence-electron chi connectivity index (χ1n) is 14.1. The highest BCUT2D eigenvalue weighted by Crippen LogP contribution is 2.50. The van der Waals surface area contributed by atoms with E-state index in [1.165, 1.54) is 0 Å². The molecule has 5 aromatic rings. The maximum absolute atomic E-state index is 9.96. The lowest BCUT2D eigenvalue weighted by Crippen LogP contribution is -2.11. The van der Waals surface area contributed by atoms with Gasteiger partial charge in [0.15, 0.2) is 11.6 Å². The summed E-state index contributed by atoms with van der Waals surface area (Å²) < 4.78 is 6.58. The van der Waals surface area contributed by atoms with Crippen LogP contribution in [0, 0.1) is 0 Å². The van der Waals surface area contributed by atoms with Gasteiger partial charge in [-0.2, -0.15) is 0 Å². The molecule has 2 N–H and O–H groups in total. The summed E-state index contributed by atoms with van der Waals surface area (Å²) in [6, 6.07) is 32.0. The summed E-state index contributed by atoms with van der Waals surface area (Å²) in [5.41, 5.74) is 5.83. The third-order valence-electron chi connectivity index (χ3n) is 8.58. The fraction of sp³-hybridized carbons (Fsp3) is 0.229. The molecule has 0 radical (unpaired) electrons. The highest BCUT2D eigenvalue weighted by molar-refractivity contribution is 5.80. The molecular formula is C35H31N3O3. The van der Waals surface area contributed by atoms with Gasteiger partial charge >= 0.3 is 0 Å². The Hall–Kier alpha value is -4.39. The summed E-state index contributed by atoms with van der Waals surface area (Å²) in [6.07, 6.45) is 5.74. The zero-order chi connectivity index (χ0) is 27.9. The lowest BCUT2D eigenvalue weighted by Gasteiger charge is -2.18. The fourth-order valence-electron chi connectivity index (χ4n) is 5.50. The van der Waals surface area contributed by atoms with E-state index in [4.69, 9.17) is 14.7 Å². The van der Waals surface area contributed by atoms with Crippen LogP contribution in [-0.2, 0) is 10.8 Å². The first-order chi connectivity index (χ1) is 20.1. The Balaban J connectivity index is 1.41. The van der Waals surface area contributed by atoms with Crippen LogP contribution in [0.15, 0.2) is 103 Å². The van der Waals surface area contributed by atoms with Crippen molar-refractivity contribution >= 4 is 0 Å². The van der Waals surface area contributed by atoms with E-state index in [-0.39, 0.29) is 24.0 Å². The van der Waals surface area contributed by atoms with E-state index in [0.29, 0.717) is 34.4 Å². The van der Waals surface area contributed by atoms with E-state index in [9.17, 15) is 10.2 Å². The van der Waals surface area contributed by atoms with Crippen molar-refractivity contribution in [1.82, 2.24) is 15.0 Å². The molecule has 3 aromatic carbocycles. The standard InChI is InChI=1S/C35H31N3O3/c39-22-34(17-18-34)26-13-9-24(10-14-26)30-32(41-28-6-2-1-3-7-28)31(38-33(37-30)29-8-4-5-21-36-29)25-11-15-27(16-12-25)35(23-40)19-20-35/h1-16,21,39-40H,17-20,22-23H2. The fourth-order valence-corrected chi connectivity index (χ4v) is 5.50. The van der Waals surface area contributed by atoms with Gasteiger partial charge in [0.25, 0.3) is 0 Å². The number of hydrogen-bond acceptors (Lipinski definition) is 6. The Morgan fingerprint density at radius 3 is 1.56 bits per heavy atom. The third kappa shape index (κ3) is 4.79. The molecule has 0 bridgehead atoms. The zero-order valence-electron chi connectivity index (χ0n) is 22.7. The number of ether oxygens (including phenoxy) is 1. The monoisotopic (exact) mass is 541 g/mol. The number of pyridine rings is 1. The van der Waals surface area contributed by atoms with Gasteiger partial charge in [-0.15, -0.1) is 0 Å². The summed E-state index contributed by atoms with van der Waals surface area (Å²) in [7, 11) is 0. The van der Waals surface area contributed by atoms with Crippen molar-refractivity contribution in [3.05, 3.63) is 114 Å². The van der Waals surface area contributed by atoms with Gasteiger partial charge < -0.3 is 14.9 Å². The highest BCUT2D eigenvalue weighted by Gasteiger charge is 2.44. The van der Waals surface area contributed by atoms with Crippen LogP contribution in [0.3, 0.4) is 0 Å². The average molecular weight is 542 g/mol. The topological polar surface area (TPSA) is 88.4 Å². The number of hydrogen-bond donors (Lipinski definition) is 2. The molecule has 2 aliphatic carbocycles. The molecular weight excluding hydrogens is 510 g/mol. The summed E-state index contributed by atoms with van der Waals surface area (Å²) in [5, 5.41) is 19.9. The molecule has 0 atom stereocenters. The van der Waals surface area contributed by atoms with Crippen LogP contribution in [0.25, 0.3) is 34.0 Å². The molecule has 6 heteroatoms. The van der Waals surface area contributed by atoms with Crippen LogP contribution in [0.1, 0.15) is 36.8 Å². The summed E-state index contributed by atoms with van der Waals surface area (Å²) in [5.74, 6) is 1.75. The van der Waals surface area contributed by atoms with Gasteiger partial charge in [-0.25, -0.2) is 9.97 Å². The molecule has 0 spiro atoms. The molecule has 2 saturated carbocycles. The molecule has 204 valence electrons. The van der Waals surface area contributed by atoms with Crippen LogP contribution in [-0.4, -0.2) is 38.4 Å². The maximum atomic E-state index is 9.96. The quantitative estimate of drug-likeness (QED) is 0.216. The Morgan fingerprint density at radius 2 is 1.12 bits per heavy atom. The van der Waals surface area contributed by atoms with E-state index >= 15 is 0 Å². The number of nitrogens with zero attached hydrogens (tertiary/aromatic N) is 3. The second kappa shape index (κ2) is 10.2. The largest absolute Gasteiger partial charge is 0.453 e. The molecule has 0 unspecified atom stereocenters. The SMILES string of the molecule is OCC1(c2ccc(-c3nc(-c4ccccn4)nc(-c4ccc(C5(CO)CC5)cc4)c3Oc3ccccc3)cc2)CC1. The Morgan fingerprint density at radius 1 is 0.610 bits per heavy atom. The van der Waals surface area contributed by atoms with E-state index in [2.05, 4.69) is 53.5 Å². The van der Waals surface area contributed by atoms with Crippen molar-refractivity contribution in [3.63, 3.8) is 0 Å². The van der Waals surface area contributed by atoms with Crippen LogP contribution >= 0.6 is 0 Å². The van der Waals surface area contributed by atoms with Gasteiger partial charge in [-0.1, -0.05) is 72.8 Å². The summed E-state index contributed by atoms with van der Waals surface area (Å²) in [4.78, 5) is 14.6. The molecule has 0 amide bonds. The van der Waals surface area contributed by atoms with E-state index in [0.717, 1.165) is 47.9 Å². The molecule has 7 rings (SSSR count). The minimum atomic E-state index is -0.118. The summed E-state index contributed by atoms with van der Waals surface area (Å²) in [6.45, 7) is 0.313. The first kappa shape index (κ1) is 25.6. The summed E-state index contributed by atoms with van der Waals surface area (Å²) >= 11 is 0. The normalized spacial score (nSPS) is 16.2. The van der Waals surface area contributed by atoms with Gasteiger partial charge in [-0.3, -0.25) is 4.98 Å². The number of para-hydroxylation sites is 1. The van der Waals surface area contributed by atoms with Gasteiger partial charge in [-0.05, 0) is 61.1 Å². The molecule has 0 saturated heterocycles. The van der Waals surface area contributed by atoms with E-state index < -0.39 is 0 Å². The lowest BCUT2D eigenvalue weighted by atomic mass is 9.94. The van der Waals surface area contributed by atoms with Gasteiger partial charge in [0.05, 0.1) is 13.2 Å². The molecule has 2 aromatic heterocycles. The van der Waals surface area contributed by atoms with Crippen molar-refractivity contribution in [1.29, 1.82) is 0 Å². The second-order valence-corrected chi connectivity index (χ2v) is 11.2. The van der Waals surface area contributed by atoms with Crippen LogP contribution in [0.5, 0.6) is 11.5 Å². The Bertz CT molecular complexity index is 1580. The van der Waals surface area contributed by atoms with Crippen molar-refractivity contribution in [2.24, 2.45) is 0 Å². The second-order valence-electron chi connectivity index (χ2n) is 11.2. The van der Waals surface area contributed by atoms with Gasteiger partial charge in [0.1, 0.15) is 22.8 Å². The predicted octanol–water partition coefficient (Wildman–Crippen LogP) is 6.71. The lowest BCUT2D eigenvalue weighted by molar-refractivity contribution is 0.255. The number of rotatable bonds is 9. The Kier molecular flexibility index (Phi) is 6.37. The molecule has 0 aliphatic heterocycles. The number of aromatic nitrogens is 3. The van der Waals surface area contributed by atoms with Gasteiger partial charge in [0.2, 0.25) is 0 Å². The number of aliphatic hydroxyl groups excluding tert-OH is 2. The molecule has 6 nitrogen and oxygen atoms in total. The van der Waals surface area contributed by atoms with Gasteiger partial charge in [0, 0.05) is 28.2 Å². The van der Waals surface area contributed by atoms with E-state index in [1.54, 1.807) is 6.20 Å². The molecule has 41 heavy (non-hydrogen) atoms. The third-order valence-corrected chi connectivity index (χ3v) is 8.58. The Labute approximate surface area is 239 Å². The van der Waals surface area contributed by atoms with Crippen molar-refractivity contribution in [2.75, 3.05) is 13.2 Å². The number of benzene rings is 3. The zero-order valence-corrected chi connectivity index (χ0v) is 22.7. The molecule has 2 heterocycles. The van der Waals surface area contributed by atoms with Crippen LogP contribution in [0.2, 0.25) is 0 Å². The predicted molar refractivity (Wildman–Crippen MR) is 159 cm³/mol. The minimum absolute atomic E-state index is 0.118. The highest BCUT2D eigenvalue weighted by atomic mass is 16.5. The van der Waals surface area contributed by atoms with Crippen LogP contribution < -0.4 is 4.74 Å². The molecule has 2 aliphatic rings. The van der Waals surface area contributed by atoms with Crippen molar-refractivity contribution in [2.45, 2.75) is 36.5 Å². The van der Waals surface area contributed by atoms with E-state index in [1.807, 2.05) is 48.5 Å².